The van der Waals surface area contributed by atoms with E-state index in [-0.39, 0.29) is 0 Å². The average Bonchev–Trinajstić information content (AvgIpc) is 2.72. The molecule has 0 N–H and O–H groups in total. The van der Waals surface area contributed by atoms with Gasteiger partial charge in [-0.1, -0.05) is 41.6 Å². The van der Waals surface area contributed by atoms with Gasteiger partial charge < -0.3 is 19.0 Å². The Morgan fingerprint density at radius 2 is 1.43 bits per heavy atom. The van der Waals surface area contributed by atoms with Gasteiger partial charge in [0.25, 0.3) is 0 Å². The number of ether oxygens (including phenoxy) is 3. The Labute approximate surface area is 163 Å². The standard InChI is InChI=1S/C22H21NO5/c1-14(24)28-23-21(17-10-9-15-7-5-6-8-16(15)11-17)18-12-19(25-2)22(27-4)20(13-18)26-3/h5-13H,1-4H3/b23-21-. The van der Waals surface area contributed by atoms with E-state index in [1.54, 1.807) is 26.4 Å². The van der Waals surface area contributed by atoms with E-state index < -0.39 is 5.97 Å². The first-order valence-electron chi connectivity index (χ1n) is 8.62. The largest absolute Gasteiger partial charge is 0.493 e. The van der Waals surface area contributed by atoms with Crippen LogP contribution in [0.3, 0.4) is 0 Å². The van der Waals surface area contributed by atoms with Crippen molar-refractivity contribution in [2.24, 2.45) is 5.16 Å². The highest BCUT2D eigenvalue weighted by atomic mass is 16.7. The zero-order valence-corrected chi connectivity index (χ0v) is 16.2. The highest BCUT2D eigenvalue weighted by Gasteiger charge is 2.18. The number of benzene rings is 3. The van der Waals surface area contributed by atoms with Crippen LogP contribution in [0.1, 0.15) is 18.1 Å². The Morgan fingerprint density at radius 1 is 0.786 bits per heavy atom. The first kappa shape index (κ1) is 19.2. The van der Waals surface area contributed by atoms with Crippen molar-refractivity contribution in [3.63, 3.8) is 0 Å². The predicted octanol–water partition coefficient (Wildman–Crippen LogP) is 4.18. The maximum atomic E-state index is 11.4. The molecule has 144 valence electrons. The molecule has 0 unspecified atom stereocenters. The molecule has 6 heteroatoms. The normalized spacial score (nSPS) is 11.2. The van der Waals surface area contributed by atoms with Gasteiger partial charge >= 0.3 is 5.97 Å². The molecule has 0 saturated heterocycles. The van der Waals surface area contributed by atoms with Gasteiger partial charge in [-0.25, -0.2) is 4.79 Å². The molecule has 0 atom stereocenters. The first-order valence-corrected chi connectivity index (χ1v) is 8.62. The summed E-state index contributed by atoms with van der Waals surface area (Å²) in [5, 5.41) is 6.24. The lowest BCUT2D eigenvalue weighted by atomic mass is 9.98. The number of oxime groups is 1. The summed E-state index contributed by atoms with van der Waals surface area (Å²) in [4.78, 5) is 16.3. The molecule has 0 aromatic heterocycles. The third-order valence-electron chi connectivity index (χ3n) is 4.23. The maximum absolute atomic E-state index is 11.4. The van der Waals surface area contributed by atoms with Crippen LogP contribution >= 0.6 is 0 Å². The van der Waals surface area contributed by atoms with E-state index >= 15 is 0 Å². The van der Waals surface area contributed by atoms with Gasteiger partial charge in [0.1, 0.15) is 5.71 Å². The zero-order chi connectivity index (χ0) is 20.1. The number of hydrogen-bond donors (Lipinski definition) is 0. The number of methoxy groups -OCH3 is 3. The minimum atomic E-state index is -0.509. The molecule has 0 amide bonds. The molecule has 0 radical (unpaired) electrons. The van der Waals surface area contributed by atoms with E-state index in [1.165, 1.54) is 14.0 Å². The quantitative estimate of drug-likeness (QED) is 0.365. The van der Waals surface area contributed by atoms with Crippen LogP contribution in [-0.2, 0) is 9.63 Å². The molecule has 6 nitrogen and oxygen atoms in total. The second-order valence-corrected chi connectivity index (χ2v) is 6.00. The summed E-state index contributed by atoms with van der Waals surface area (Å²) in [6, 6.07) is 17.4. The summed E-state index contributed by atoms with van der Waals surface area (Å²) in [5.41, 5.74) is 1.92. The molecule has 0 bridgehead atoms. The second kappa shape index (κ2) is 8.43. The number of rotatable bonds is 6. The van der Waals surface area contributed by atoms with Gasteiger partial charge in [-0.3, -0.25) is 0 Å². The van der Waals surface area contributed by atoms with Crippen molar-refractivity contribution >= 4 is 22.5 Å². The Morgan fingerprint density at radius 3 is 2.00 bits per heavy atom. The van der Waals surface area contributed by atoms with Gasteiger partial charge in [0, 0.05) is 18.1 Å². The molecule has 0 spiro atoms. The van der Waals surface area contributed by atoms with Crippen molar-refractivity contribution in [2.75, 3.05) is 21.3 Å². The van der Waals surface area contributed by atoms with E-state index in [4.69, 9.17) is 19.0 Å². The van der Waals surface area contributed by atoms with Gasteiger partial charge in [0.15, 0.2) is 11.5 Å². The summed E-state index contributed by atoms with van der Waals surface area (Å²) >= 11 is 0. The van der Waals surface area contributed by atoms with Gasteiger partial charge in [-0.05, 0) is 29.0 Å². The van der Waals surface area contributed by atoms with Crippen molar-refractivity contribution in [1.82, 2.24) is 0 Å². The van der Waals surface area contributed by atoms with E-state index in [1.807, 2.05) is 42.5 Å². The maximum Gasteiger partial charge on any atom is 0.332 e. The fourth-order valence-corrected chi connectivity index (χ4v) is 2.94. The highest BCUT2D eigenvalue weighted by molar-refractivity contribution is 6.14. The molecule has 3 aromatic rings. The van der Waals surface area contributed by atoms with E-state index in [2.05, 4.69) is 5.16 Å². The van der Waals surface area contributed by atoms with E-state index in [0.717, 1.165) is 16.3 Å². The van der Waals surface area contributed by atoms with E-state index in [9.17, 15) is 4.79 Å². The molecule has 0 fully saturated rings. The molecule has 0 aliphatic carbocycles. The number of fused-ring (bicyclic) bond motifs is 1. The Balaban J connectivity index is 2.20. The highest BCUT2D eigenvalue weighted by Crippen LogP contribution is 2.39. The Bertz CT molecular complexity index is 1020. The van der Waals surface area contributed by atoms with Crippen LogP contribution in [-0.4, -0.2) is 33.0 Å². The van der Waals surface area contributed by atoms with Crippen molar-refractivity contribution in [3.8, 4) is 17.2 Å². The minimum Gasteiger partial charge on any atom is -0.493 e. The van der Waals surface area contributed by atoms with E-state index in [0.29, 0.717) is 28.5 Å². The van der Waals surface area contributed by atoms with Crippen molar-refractivity contribution in [3.05, 3.63) is 65.7 Å². The Hall–Kier alpha value is -3.54. The SMILES string of the molecule is COc1cc(/C(=N\OC(C)=O)c2ccc3ccccc3c2)cc(OC)c1OC. The first-order chi connectivity index (χ1) is 13.6. The topological polar surface area (TPSA) is 66.4 Å². The summed E-state index contributed by atoms with van der Waals surface area (Å²) in [6.45, 7) is 1.30. The molecule has 0 heterocycles. The molecule has 3 rings (SSSR count). The number of hydrogen-bond acceptors (Lipinski definition) is 6. The smallest absolute Gasteiger partial charge is 0.332 e. The lowest BCUT2D eigenvalue weighted by Gasteiger charge is -2.15. The molecular formula is C22H21NO5. The zero-order valence-electron chi connectivity index (χ0n) is 16.2. The molecule has 3 aromatic carbocycles. The van der Waals surface area contributed by atoms with Crippen LogP contribution in [0.2, 0.25) is 0 Å². The van der Waals surface area contributed by atoms with Crippen LogP contribution in [0, 0.1) is 0 Å². The third kappa shape index (κ3) is 3.91. The van der Waals surface area contributed by atoms with Gasteiger partial charge in [-0.15, -0.1) is 0 Å². The van der Waals surface area contributed by atoms with Crippen LogP contribution in [0.25, 0.3) is 10.8 Å². The van der Waals surface area contributed by atoms with Crippen molar-refractivity contribution in [2.45, 2.75) is 6.92 Å². The number of carbonyl (C=O) groups is 1. The van der Waals surface area contributed by atoms with Crippen LogP contribution in [0.15, 0.2) is 59.8 Å². The lowest BCUT2D eigenvalue weighted by molar-refractivity contribution is -0.140. The minimum absolute atomic E-state index is 0.471. The Kier molecular flexibility index (Phi) is 5.79. The summed E-state index contributed by atoms with van der Waals surface area (Å²) < 4.78 is 16.2. The molecular weight excluding hydrogens is 358 g/mol. The average molecular weight is 379 g/mol. The molecule has 28 heavy (non-hydrogen) atoms. The predicted molar refractivity (Wildman–Crippen MR) is 107 cm³/mol. The van der Waals surface area contributed by atoms with Crippen molar-refractivity contribution < 1.29 is 23.8 Å². The van der Waals surface area contributed by atoms with Gasteiger partial charge in [-0.2, -0.15) is 0 Å². The van der Waals surface area contributed by atoms with Gasteiger partial charge in [0.05, 0.1) is 21.3 Å². The molecule has 0 aliphatic rings. The number of carbonyl (C=O) groups excluding carboxylic acids is 1. The monoisotopic (exact) mass is 379 g/mol. The third-order valence-corrected chi connectivity index (χ3v) is 4.23. The van der Waals surface area contributed by atoms with Gasteiger partial charge in [0.2, 0.25) is 5.75 Å². The number of nitrogens with zero attached hydrogens (tertiary/aromatic N) is 1. The van der Waals surface area contributed by atoms with Crippen LogP contribution in [0.4, 0.5) is 0 Å². The fraction of sp³-hybridized carbons (Fsp3) is 0.182. The summed E-state index contributed by atoms with van der Waals surface area (Å²) in [7, 11) is 4.62. The summed E-state index contributed by atoms with van der Waals surface area (Å²) in [5.74, 6) is 0.922. The van der Waals surface area contributed by atoms with Crippen molar-refractivity contribution in [1.29, 1.82) is 0 Å². The lowest BCUT2D eigenvalue weighted by Crippen LogP contribution is -2.08. The van der Waals surface area contributed by atoms with Crippen LogP contribution < -0.4 is 14.2 Å². The van der Waals surface area contributed by atoms with Crippen LogP contribution in [0.5, 0.6) is 17.2 Å². The molecule has 0 saturated carbocycles. The summed E-state index contributed by atoms with van der Waals surface area (Å²) in [6.07, 6.45) is 0. The second-order valence-electron chi connectivity index (χ2n) is 6.00. The fourth-order valence-electron chi connectivity index (χ4n) is 2.94. The molecule has 0 aliphatic heterocycles.